The standard InChI is InChI=1S/C15H24O3Si/c1-5-14-8-10-15(11-9-14)16-12-13-19(4,17-6-2)18-7-3/h5,8-11H,1,6-7,12-13H2,2-4H3. The molecule has 0 aliphatic rings. The third kappa shape index (κ3) is 5.59. The van der Waals surface area contributed by atoms with Gasteiger partial charge in [0, 0.05) is 19.3 Å². The average Bonchev–Trinajstić information content (AvgIpc) is 2.40. The Morgan fingerprint density at radius 2 is 1.68 bits per heavy atom. The predicted octanol–water partition coefficient (Wildman–Crippen LogP) is 3.85. The smallest absolute Gasteiger partial charge is 0.338 e. The molecule has 0 aliphatic carbocycles. The maximum Gasteiger partial charge on any atom is 0.338 e. The first kappa shape index (κ1) is 16.0. The van der Waals surface area contributed by atoms with E-state index in [1.54, 1.807) is 0 Å². The fourth-order valence-corrected chi connectivity index (χ4v) is 3.92. The Kier molecular flexibility index (Phi) is 6.84. The van der Waals surface area contributed by atoms with Gasteiger partial charge in [-0.15, -0.1) is 0 Å². The van der Waals surface area contributed by atoms with E-state index >= 15 is 0 Å². The van der Waals surface area contributed by atoms with Crippen LogP contribution < -0.4 is 4.74 Å². The molecule has 0 saturated heterocycles. The van der Waals surface area contributed by atoms with Crippen LogP contribution in [0.2, 0.25) is 12.6 Å². The van der Waals surface area contributed by atoms with E-state index in [9.17, 15) is 0 Å². The Morgan fingerprint density at radius 3 is 2.16 bits per heavy atom. The van der Waals surface area contributed by atoms with Gasteiger partial charge in [0.1, 0.15) is 5.75 Å². The van der Waals surface area contributed by atoms with Gasteiger partial charge in [0.05, 0.1) is 6.61 Å². The lowest BCUT2D eigenvalue weighted by Gasteiger charge is -2.25. The van der Waals surface area contributed by atoms with Crippen molar-refractivity contribution in [2.75, 3.05) is 19.8 Å². The van der Waals surface area contributed by atoms with Crippen LogP contribution in [0.3, 0.4) is 0 Å². The highest BCUT2D eigenvalue weighted by atomic mass is 28.4. The maximum atomic E-state index is 5.77. The van der Waals surface area contributed by atoms with Gasteiger partial charge in [-0.2, -0.15) is 0 Å². The van der Waals surface area contributed by atoms with Crippen LogP contribution >= 0.6 is 0 Å². The molecule has 0 bridgehead atoms. The molecule has 0 unspecified atom stereocenters. The summed E-state index contributed by atoms with van der Waals surface area (Å²) in [6.07, 6.45) is 1.82. The fraction of sp³-hybridized carbons (Fsp3) is 0.467. The van der Waals surface area contributed by atoms with Crippen LogP contribution in [0, 0.1) is 0 Å². The van der Waals surface area contributed by atoms with E-state index in [0.717, 1.165) is 17.4 Å². The summed E-state index contributed by atoms with van der Waals surface area (Å²) in [6.45, 7) is 11.8. The number of hydrogen-bond donors (Lipinski definition) is 0. The minimum atomic E-state index is -2.06. The van der Waals surface area contributed by atoms with Crippen LogP contribution in [0.1, 0.15) is 19.4 Å². The molecule has 0 fully saturated rings. The summed E-state index contributed by atoms with van der Waals surface area (Å²) in [6, 6.07) is 8.72. The third-order valence-electron chi connectivity index (χ3n) is 2.84. The second-order valence-electron chi connectivity index (χ2n) is 4.37. The van der Waals surface area contributed by atoms with Crippen LogP contribution in [-0.2, 0) is 8.85 Å². The summed E-state index contributed by atoms with van der Waals surface area (Å²) < 4.78 is 17.3. The van der Waals surface area contributed by atoms with E-state index in [0.29, 0.717) is 19.8 Å². The van der Waals surface area contributed by atoms with Gasteiger partial charge in [0.2, 0.25) is 0 Å². The maximum absolute atomic E-state index is 5.77. The van der Waals surface area contributed by atoms with Crippen molar-refractivity contribution in [3.8, 4) is 5.75 Å². The van der Waals surface area contributed by atoms with Gasteiger partial charge in [-0.3, -0.25) is 0 Å². The van der Waals surface area contributed by atoms with E-state index in [-0.39, 0.29) is 0 Å². The summed E-state index contributed by atoms with van der Waals surface area (Å²) in [5.41, 5.74) is 1.09. The van der Waals surface area contributed by atoms with Crippen LogP contribution in [0.4, 0.5) is 0 Å². The SMILES string of the molecule is C=Cc1ccc(OCC[Si](C)(OCC)OCC)cc1. The fourth-order valence-electron chi connectivity index (χ4n) is 1.85. The molecule has 19 heavy (non-hydrogen) atoms. The molecule has 0 aliphatic heterocycles. The number of rotatable bonds is 9. The number of ether oxygens (including phenoxy) is 1. The van der Waals surface area contributed by atoms with E-state index < -0.39 is 8.56 Å². The van der Waals surface area contributed by atoms with Crippen molar-refractivity contribution in [3.63, 3.8) is 0 Å². The predicted molar refractivity (Wildman–Crippen MR) is 81.7 cm³/mol. The molecule has 0 radical (unpaired) electrons. The zero-order valence-corrected chi connectivity index (χ0v) is 13.1. The quantitative estimate of drug-likeness (QED) is 0.643. The van der Waals surface area contributed by atoms with Crippen molar-refractivity contribution >= 4 is 14.6 Å². The summed E-state index contributed by atoms with van der Waals surface area (Å²) in [4.78, 5) is 0. The molecule has 0 aromatic heterocycles. The third-order valence-corrected chi connectivity index (χ3v) is 5.75. The van der Waals surface area contributed by atoms with Crippen molar-refractivity contribution in [2.45, 2.75) is 26.4 Å². The molecule has 0 amide bonds. The first-order valence-corrected chi connectivity index (χ1v) is 9.29. The van der Waals surface area contributed by atoms with Gasteiger partial charge < -0.3 is 13.6 Å². The lowest BCUT2D eigenvalue weighted by Crippen LogP contribution is -2.40. The van der Waals surface area contributed by atoms with Crippen LogP contribution in [0.15, 0.2) is 30.8 Å². The molecule has 106 valence electrons. The van der Waals surface area contributed by atoms with Crippen LogP contribution in [0.25, 0.3) is 6.08 Å². The molecular weight excluding hydrogens is 256 g/mol. The molecule has 4 heteroatoms. The van der Waals surface area contributed by atoms with Crippen LogP contribution in [-0.4, -0.2) is 28.4 Å². The lowest BCUT2D eigenvalue weighted by molar-refractivity contribution is 0.181. The van der Waals surface area contributed by atoms with E-state index in [4.69, 9.17) is 13.6 Å². The topological polar surface area (TPSA) is 27.7 Å². The molecule has 1 aromatic rings. The van der Waals surface area contributed by atoms with Crippen LogP contribution in [0.5, 0.6) is 5.75 Å². The Balaban J connectivity index is 2.44. The second-order valence-corrected chi connectivity index (χ2v) is 7.72. The Morgan fingerprint density at radius 1 is 1.11 bits per heavy atom. The molecule has 0 heterocycles. The zero-order chi connectivity index (χ0) is 14.1. The first-order chi connectivity index (χ1) is 9.13. The van der Waals surface area contributed by atoms with E-state index in [2.05, 4.69) is 13.1 Å². The van der Waals surface area contributed by atoms with Crippen molar-refractivity contribution < 1.29 is 13.6 Å². The number of hydrogen-bond acceptors (Lipinski definition) is 3. The monoisotopic (exact) mass is 280 g/mol. The molecule has 1 aromatic carbocycles. The van der Waals surface area contributed by atoms with Gasteiger partial charge in [-0.05, 0) is 38.1 Å². The average molecular weight is 280 g/mol. The summed E-state index contributed by atoms with van der Waals surface area (Å²) in [5.74, 6) is 0.870. The molecule has 1 rings (SSSR count). The first-order valence-electron chi connectivity index (χ1n) is 6.76. The van der Waals surface area contributed by atoms with Gasteiger partial charge in [-0.1, -0.05) is 24.8 Å². The summed E-state index contributed by atoms with van der Waals surface area (Å²) in [5, 5.41) is 0. The second kappa shape index (κ2) is 8.14. The van der Waals surface area contributed by atoms with Crippen molar-refractivity contribution in [3.05, 3.63) is 36.4 Å². The molecule has 0 saturated carbocycles. The zero-order valence-electron chi connectivity index (χ0n) is 12.1. The largest absolute Gasteiger partial charge is 0.494 e. The van der Waals surface area contributed by atoms with E-state index in [1.165, 1.54) is 0 Å². The highest BCUT2D eigenvalue weighted by molar-refractivity contribution is 6.66. The van der Waals surface area contributed by atoms with E-state index in [1.807, 2.05) is 44.2 Å². The van der Waals surface area contributed by atoms with Gasteiger partial charge in [0.15, 0.2) is 0 Å². The molecule has 0 spiro atoms. The minimum Gasteiger partial charge on any atom is -0.494 e. The highest BCUT2D eigenvalue weighted by Crippen LogP contribution is 2.17. The Hall–Kier alpha value is -1.10. The molecule has 0 atom stereocenters. The summed E-state index contributed by atoms with van der Waals surface area (Å²) >= 11 is 0. The normalized spacial score (nSPS) is 11.3. The molecular formula is C15H24O3Si. The summed E-state index contributed by atoms with van der Waals surface area (Å²) in [7, 11) is -2.06. The van der Waals surface area contributed by atoms with Gasteiger partial charge in [0.25, 0.3) is 0 Å². The van der Waals surface area contributed by atoms with Crippen molar-refractivity contribution in [1.82, 2.24) is 0 Å². The lowest BCUT2D eigenvalue weighted by atomic mass is 10.2. The minimum absolute atomic E-state index is 0.621. The number of benzene rings is 1. The Labute approximate surface area is 117 Å². The van der Waals surface area contributed by atoms with Crippen molar-refractivity contribution in [2.24, 2.45) is 0 Å². The highest BCUT2D eigenvalue weighted by Gasteiger charge is 2.30. The molecule has 0 N–H and O–H groups in total. The molecule has 3 nitrogen and oxygen atoms in total. The Bertz CT molecular complexity index is 369. The van der Waals surface area contributed by atoms with Gasteiger partial charge >= 0.3 is 8.56 Å². The van der Waals surface area contributed by atoms with Gasteiger partial charge in [-0.25, -0.2) is 0 Å². The van der Waals surface area contributed by atoms with Crippen molar-refractivity contribution in [1.29, 1.82) is 0 Å².